The lowest BCUT2D eigenvalue weighted by atomic mass is 9.97. The highest BCUT2D eigenvalue weighted by molar-refractivity contribution is 5.92. The Morgan fingerprint density at radius 3 is 2.34 bits per heavy atom. The Bertz CT molecular complexity index is 1430. The molecule has 0 radical (unpaired) electrons. The zero-order valence-electron chi connectivity index (χ0n) is 22.5. The number of aromatic amines is 1. The second kappa shape index (κ2) is 11.7. The third-order valence-electron chi connectivity index (χ3n) is 6.21. The molecular weight excluding hydrogens is 474 g/mol. The van der Waals surface area contributed by atoms with Crippen LogP contribution >= 0.6 is 0 Å². The molecule has 0 atom stereocenters. The molecule has 0 bridgehead atoms. The lowest BCUT2D eigenvalue weighted by molar-refractivity contribution is 0.252. The first-order chi connectivity index (χ1) is 18.3. The van der Waals surface area contributed by atoms with Crippen molar-refractivity contribution in [1.29, 1.82) is 0 Å². The lowest BCUT2D eigenvalue weighted by Crippen LogP contribution is -2.28. The zero-order valence-corrected chi connectivity index (χ0v) is 22.5. The van der Waals surface area contributed by atoms with Crippen molar-refractivity contribution < 1.29 is 4.79 Å². The van der Waals surface area contributed by atoms with Crippen LogP contribution in [0.3, 0.4) is 0 Å². The van der Waals surface area contributed by atoms with E-state index in [1.54, 1.807) is 0 Å². The van der Waals surface area contributed by atoms with E-state index in [1.807, 2.05) is 49.0 Å². The zero-order chi connectivity index (χ0) is 27.2. The molecule has 0 unspecified atom stereocenters. The number of H-pyrrole nitrogens is 1. The Morgan fingerprint density at radius 2 is 1.74 bits per heavy atom. The summed E-state index contributed by atoms with van der Waals surface area (Å²) in [5, 5.41) is 10.4. The Hall–Kier alpha value is -4.43. The quantitative estimate of drug-likeness (QED) is 0.224. The van der Waals surface area contributed by atoms with Crippen molar-refractivity contribution in [3.8, 4) is 22.5 Å². The molecule has 4 rings (SSSR count). The van der Waals surface area contributed by atoms with E-state index in [2.05, 4.69) is 83.2 Å². The van der Waals surface area contributed by atoms with Crippen molar-refractivity contribution in [3.63, 3.8) is 0 Å². The summed E-state index contributed by atoms with van der Waals surface area (Å²) < 4.78 is 1.90. The summed E-state index contributed by atoms with van der Waals surface area (Å²) in [5.74, 6) is 0.666. The molecule has 3 N–H and O–H groups in total. The second-order valence-electron chi connectivity index (χ2n) is 9.33. The van der Waals surface area contributed by atoms with E-state index >= 15 is 0 Å². The largest absolute Gasteiger partial charge is 0.339 e. The highest BCUT2D eigenvalue weighted by atomic mass is 16.2. The van der Waals surface area contributed by atoms with Crippen LogP contribution in [0.1, 0.15) is 30.5 Å². The third-order valence-corrected chi connectivity index (χ3v) is 6.21. The number of aromatic nitrogens is 3. The van der Waals surface area contributed by atoms with Gasteiger partial charge in [-0.05, 0) is 69.6 Å². The number of hydrogen-bond acceptors (Lipinski definition) is 4. The van der Waals surface area contributed by atoms with Crippen LogP contribution in [0.4, 0.5) is 16.3 Å². The molecule has 8 heteroatoms. The van der Waals surface area contributed by atoms with Crippen LogP contribution in [0, 0.1) is 0 Å². The first-order valence-corrected chi connectivity index (χ1v) is 12.7. The van der Waals surface area contributed by atoms with E-state index in [9.17, 15) is 4.79 Å². The maximum absolute atomic E-state index is 11.9. The minimum Gasteiger partial charge on any atom is -0.339 e. The third kappa shape index (κ3) is 5.92. The number of carbonyl (C=O) groups is 1. The summed E-state index contributed by atoms with van der Waals surface area (Å²) in [6, 6.07) is 18.0. The summed E-state index contributed by atoms with van der Waals surface area (Å²) in [7, 11) is 4.12. The monoisotopic (exact) mass is 509 g/mol. The van der Waals surface area contributed by atoms with Crippen LogP contribution < -0.4 is 10.6 Å². The van der Waals surface area contributed by atoms with E-state index < -0.39 is 0 Å². The van der Waals surface area contributed by atoms with Gasteiger partial charge in [0.2, 0.25) is 0 Å². The number of hydrogen-bond donors (Lipinski definition) is 3. The smallest absolute Gasteiger partial charge is 0.319 e. The second-order valence-corrected chi connectivity index (χ2v) is 9.33. The van der Waals surface area contributed by atoms with Crippen LogP contribution in [0.15, 0.2) is 72.4 Å². The number of carbonyl (C=O) groups excluding carboxylic acids is 1. The predicted octanol–water partition coefficient (Wildman–Crippen LogP) is 6.16. The Labute approximate surface area is 224 Å². The van der Waals surface area contributed by atoms with E-state index in [4.69, 9.17) is 5.10 Å². The first-order valence-electron chi connectivity index (χ1n) is 12.7. The van der Waals surface area contributed by atoms with Crippen LogP contribution in [-0.2, 0) is 13.1 Å². The van der Waals surface area contributed by atoms with Gasteiger partial charge >= 0.3 is 6.03 Å². The molecule has 0 aliphatic heterocycles. The number of nitrogens with one attached hydrogen (secondary N) is 3. The van der Waals surface area contributed by atoms with Gasteiger partial charge in [-0.2, -0.15) is 5.10 Å². The van der Waals surface area contributed by atoms with E-state index in [0.717, 1.165) is 52.3 Å². The van der Waals surface area contributed by atoms with Crippen molar-refractivity contribution in [2.75, 3.05) is 26.0 Å². The van der Waals surface area contributed by atoms with Crippen molar-refractivity contribution in [2.45, 2.75) is 26.9 Å². The van der Waals surface area contributed by atoms with Crippen LogP contribution in [0.5, 0.6) is 0 Å². The number of aryl methyl sites for hydroxylation is 1. The van der Waals surface area contributed by atoms with Gasteiger partial charge in [0.05, 0.1) is 0 Å². The molecule has 4 aromatic rings. The van der Waals surface area contributed by atoms with Gasteiger partial charge in [-0.15, -0.1) is 0 Å². The fourth-order valence-corrected chi connectivity index (χ4v) is 4.32. The highest BCUT2D eigenvalue weighted by Gasteiger charge is 2.19. The summed E-state index contributed by atoms with van der Waals surface area (Å²) in [6.45, 7) is 14.3. The molecular formula is C30H35N7O. The van der Waals surface area contributed by atoms with Crippen molar-refractivity contribution in [2.24, 2.45) is 4.99 Å². The maximum Gasteiger partial charge on any atom is 0.319 e. The van der Waals surface area contributed by atoms with Gasteiger partial charge in [0.1, 0.15) is 11.5 Å². The van der Waals surface area contributed by atoms with Gasteiger partial charge in [0.25, 0.3) is 0 Å². The van der Waals surface area contributed by atoms with Gasteiger partial charge < -0.3 is 20.5 Å². The topological polar surface area (TPSA) is 90.3 Å². The van der Waals surface area contributed by atoms with Gasteiger partial charge in [-0.25, -0.2) is 9.79 Å². The lowest BCUT2D eigenvalue weighted by Gasteiger charge is -2.09. The van der Waals surface area contributed by atoms with E-state index in [0.29, 0.717) is 18.1 Å². The minimum absolute atomic E-state index is 0.232. The number of urea groups is 1. The minimum atomic E-state index is -0.232. The van der Waals surface area contributed by atoms with E-state index in [1.165, 1.54) is 5.56 Å². The van der Waals surface area contributed by atoms with Crippen molar-refractivity contribution in [3.05, 3.63) is 84.1 Å². The number of benzene rings is 2. The average molecular weight is 510 g/mol. The molecule has 2 aromatic heterocycles. The molecule has 0 spiro atoms. The van der Waals surface area contributed by atoms with Gasteiger partial charge in [0, 0.05) is 53.9 Å². The molecule has 196 valence electrons. The van der Waals surface area contributed by atoms with Gasteiger partial charge in [-0.3, -0.25) is 4.68 Å². The molecule has 0 aliphatic carbocycles. The summed E-state index contributed by atoms with van der Waals surface area (Å²) >= 11 is 0. The molecule has 2 amide bonds. The number of nitrogens with zero attached hydrogens (tertiary/aromatic N) is 4. The summed E-state index contributed by atoms with van der Waals surface area (Å²) in [4.78, 5) is 21.7. The Balaban J connectivity index is 1.65. The number of rotatable bonds is 10. The fraction of sp³-hybridized carbons (Fsp3) is 0.233. The number of anilines is 1. The summed E-state index contributed by atoms with van der Waals surface area (Å²) in [6.07, 6.45) is 2.01. The molecule has 0 saturated carbocycles. The maximum atomic E-state index is 11.9. The average Bonchev–Trinajstić information content (AvgIpc) is 3.54. The normalized spacial score (nSPS) is 11.0. The van der Waals surface area contributed by atoms with Gasteiger partial charge in [-0.1, -0.05) is 43.0 Å². The van der Waals surface area contributed by atoms with Crippen molar-refractivity contribution >= 4 is 29.8 Å². The van der Waals surface area contributed by atoms with Crippen LogP contribution in [0.2, 0.25) is 0 Å². The van der Waals surface area contributed by atoms with Crippen LogP contribution in [0.25, 0.3) is 28.1 Å². The predicted molar refractivity (Wildman–Crippen MR) is 157 cm³/mol. The molecule has 2 aromatic carbocycles. The first kappa shape index (κ1) is 26.6. The standard InChI is InChI=1S/C30H35N7O/c1-7-32-30(38)33-24-15-13-23(14-16-24)28-26(19-37(8-2)35-28)20(3)25-17-27(34-29(25)31-4)22-11-9-21(10-12-22)18-36(5)6/h9-17,19,34H,3-4,7-8,18H2,1-2,5-6H3,(H2,32,33,38). The molecule has 0 fully saturated rings. The molecule has 8 nitrogen and oxygen atoms in total. The molecule has 0 saturated heterocycles. The Morgan fingerprint density at radius 1 is 1.05 bits per heavy atom. The van der Waals surface area contributed by atoms with Crippen molar-refractivity contribution in [1.82, 2.24) is 25.0 Å². The number of aliphatic imine (C=N–C) groups is 1. The van der Waals surface area contributed by atoms with Gasteiger partial charge in [0.15, 0.2) is 0 Å². The molecule has 0 aliphatic rings. The van der Waals surface area contributed by atoms with Crippen LogP contribution in [-0.4, -0.2) is 53.1 Å². The number of amides is 2. The fourth-order valence-electron chi connectivity index (χ4n) is 4.32. The Kier molecular flexibility index (Phi) is 8.23. The molecule has 2 heterocycles. The SMILES string of the molecule is C=Nc1[nH]c(-c2ccc(CN(C)C)cc2)cc1C(=C)c1cn(CC)nc1-c1ccc(NC(=O)NCC)cc1. The molecule has 38 heavy (non-hydrogen) atoms. The van der Waals surface area contributed by atoms with E-state index in [-0.39, 0.29) is 6.03 Å². The highest BCUT2D eigenvalue weighted by Crippen LogP contribution is 2.37. The summed E-state index contributed by atoms with van der Waals surface area (Å²) in [5.41, 5.74) is 8.30.